The number of carboxylic acids is 1. The fourth-order valence-electron chi connectivity index (χ4n) is 2.70. The molecule has 0 saturated carbocycles. The van der Waals surface area contributed by atoms with Gasteiger partial charge in [0.1, 0.15) is 0 Å². The molecule has 2 rings (SSSR count). The second-order valence-corrected chi connectivity index (χ2v) is 7.92. The summed E-state index contributed by atoms with van der Waals surface area (Å²) in [5.74, 6) is -1.50. The molecule has 0 radical (unpaired) electrons. The monoisotopic (exact) mass is 361 g/mol. The highest BCUT2D eigenvalue weighted by Crippen LogP contribution is 2.41. The molecule has 1 N–H and O–H groups in total. The maximum absolute atomic E-state index is 13.0. The van der Waals surface area contributed by atoms with Gasteiger partial charge in [-0.3, -0.25) is 9.78 Å². The van der Waals surface area contributed by atoms with Crippen LogP contribution in [-0.2, 0) is 14.6 Å². The fraction of sp³-hybridized carbons (Fsp3) is 0.278. The summed E-state index contributed by atoms with van der Waals surface area (Å²) in [6.07, 6.45) is 8.34. The first kappa shape index (κ1) is 18.8. The number of ketones is 1. The number of hydrogen-bond acceptors (Lipinski definition) is 5. The smallest absolute Gasteiger partial charge is 0.329 e. The van der Waals surface area contributed by atoms with Gasteiger partial charge in [-0.05, 0) is 30.5 Å². The SMILES string of the molecule is CC(C)C1(C(=O)c2ccncc2)C=CC(S(=O)(=O)/C=C/C(=O)O)=CC1. The minimum absolute atomic E-state index is 0.0104. The van der Waals surface area contributed by atoms with Crippen molar-refractivity contribution in [2.24, 2.45) is 11.3 Å². The number of Topliss-reactive ketones (excluding diaryl/α,β-unsaturated/α-hetero) is 1. The lowest BCUT2D eigenvalue weighted by molar-refractivity contribution is -0.131. The summed E-state index contributed by atoms with van der Waals surface area (Å²) in [6.45, 7) is 3.81. The van der Waals surface area contributed by atoms with Gasteiger partial charge in [-0.1, -0.05) is 26.0 Å². The molecule has 0 aliphatic heterocycles. The van der Waals surface area contributed by atoms with E-state index in [-0.39, 0.29) is 23.0 Å². The maximum atomic E-state index is 13.0. The van der Waals surface area contributed by atoms with Crippen LogP contribution in [-0.4, -0.2) is 30.3 Å². The summed E-state index contributed by atoms with van der Waals surface area (Å²) >= 11 is 0. The molecule has 0 fully saturated rings. The van der Waals surface area contributed by atoms with E-state index >= 15 is 0 Å². The largest absolute Gasteiger partial charge is 0.478 e. The summed E-state index contributed by atoms with van der Waals surface area (Å²) < 4.78 is 24.3. The second kappa shape index (κ2) is 7.14. The normalized spacial score (nSPS) is 20.7. The minimum Gasteiger partial charge on any atom is -0.478 e. The van der Waals surface area contributed by atoms with Crippen molar-refractivity contribution in [3.63, 3.8) is 0 Å². The molecule has 1 heterocycles. The van der Waals surface area contributed by atoms with Gasteiger partial charge in [-0.2, -0.15) is 0 Å². The van der Waals surface area contributed by atoms with Crippen molar-refractivity contribution < 1.29 is 23.1 Å². The van der Waals surface area contributed by atoms with E-state index in [9.17, 15) is 18.0 Å². The average Bonchev–Trinajstić information content (AvgIpc) is 2.60. The number of carbonyl (C=O) groups is 2. The van der Waals surface area contributed by atoms with E-state index in [1.54, 1.807) is 18.2 Å². The first-order valence-corrected chi connectivity index (χ1v) is 9.24. The van der Waals surface area contributed by atoms with Crippen molar-refractivity contribution in [1.82, 2.24) is 4.98 Å². The number of hydrogen-bond donors (Lipinski definition) is 1. The Labute approximate surface area is 146 Å². The molecule has 7 heteroatoms. The van der Waals surface area contributed by atoms with Crippen LogP contribution in [0.15, 0.2) is 59.1 Å². The third-order valence-electron chi connectivity index (χ3n) is 4.30. The van der Waals surface area contributed by atoms with Gasteiger partial charge in [0.15, 0.2) is 15.6 Å². The maximum Gasteiger partial charge on any atom is 0.329 e. The molecule has 0 aromatic carbocycles. The Balaban J connectivity index is 2.35. The van der Waals surface area contributed by atoms with E-state index in [1.807, 2.05) is 13.8 Å². The molecule has 132 valence electrons. The summed E-state index contributed by atoms with van der Waals surface area (Å²) in [4.78, 5) is 27.4. The molecule has 1 atom stereocenters. The first-order chi connectivity index (χ1) is 11.7. The van der Waals surface area contributed by atoms with Crippen molar-refractivity contribution in [1.29, 1.82) is 0 Å². The quantitative estimate of drug-likeness (QED) is 0.617. The van der Waals surface area contributed by atoms with E-state index < -0.39 is 21.2 Å². The molecule has 1 aromatic heterocycles. The van der Waals surface area contributed by atoms with Crippen LogP contribution < -0.4 is 0 Å². The predicted molar refractivity (Wildman–Crippen MR) is 93.4 cm³/mol. The number of pyridine rings is 1. The molecule has 25 heavy (non-hydrogen) atoms. The molecule has 1 unspecified atom stereocenters. The van der Waals surface area contributed by atoms with Crippen LogP contribution in [0.4, 0.5) is 0 Å². The number of carboxylic acid groups (broad SMARTS) is 1. The number of aliphatic carboxylic acids is 1. The van der Waals surface area contributed by atoms with Crippen molar-refractivity contribution >= 4 is 21.6 Å². The zero-order chi connectivity index (χ0) is 18.7. The van der Waals surface area contributed by atoms with Crippen molar-refractivity contribution in [2.75, 3.05) is 0 Å². The lowest BCUT2D eigenvalue weighted by Gasteiger charge is -2.34. The Bertz CT molecular complexity index is 866. The third-order valence-corrected chi connectivity index (χ3v) is 5.75. The third kappa shape index (κ3) is 3.93. The molecular formula is C18H19NO5S. The van der Waals surface area contributed by atoms with E-state index in [1.165, 1.54) is 24.5 Å². The van der Waals surface area contributed by atoms with Gasteiger partial charge >= 0.3 is 5.97 Å². The van der Waals surface area contributed by atoms with Gasteiger partial charge < -0.3 is 5.11 Å². The summed E-state index contributed by atoms with van der Waals surface area (Å²) in [5, 5.41) is 9.24. The number of rotatable bonds is 6. The molecule has 1 aliphatic carbocycles. The molecule has 6 nitrogen and oxygen atoms in total. The van der Waals surface area contributed by atoms with Gasteiger partial charge in [0.25, 0.3) is 0 Å². The molecular weight excluding hydrogens is 342 g/mol. The standard InChI is InChI=1S/C18H19NO5S/c1-13(2)18(17(22)14-5-10-19-11-6-14)8-3-15(4-9-18)25(23,24)12-7-16(20)21/h3-8,10-13H,9H2,1-2H3,(H,20,21)/b12-7+. The highest BCUT2D eigenvalue weighted by Gasteiger charge is 2.40. The van der Waals surface area contributed by atoms with Gasteiger partial charge in [-0.25, -0.2) is 13.2 Å². The van der Waals surface area contributed by atoms with Crippen molar-refractivity contribution in [3.8, 4) is 0 Å². The summed E-state index contributed by atoms with van der Waals surface area (Å²) in [6, 6.07) is 3.26. The average molecular weight is 361 g/mol. The van der Waals surface area contributed by atoms with Crippen LogP contribution in [0.3, 0.4) is 0 Å². The summed E-state index contributed by atoms with van der Waals surface area (Å²) in [5.41, 5.74) is -0.338. The fourth-order valence-corrected chi connectivity index (χ4v) is 3.73. The van der Waals surface area contributed by atoms with Crippen LogP contribution in [0.2, 0.25) is 0 Å². The predicted octanol–water partition coefficient (Wildman–Crippen LogP) is 2.76. The first-order valence-electron chi connectivity index (χ1n) is 7.69. The van der Waals surface area contributed by atoms with E-state index in [4.69, 9.17) is 5.11 Å². The zero-order valence-corrected chi connectivity index (χ0v) is 14.7. The number of sulfone groups is 1. The Morgan fingerprint density at radius 2 is 1.92 bits per heavy atom. The lowest BCUT2D eigenvalue weighted by atomic mass is 9.68. The molecule has 1 aromatic rings. The van der Waals surface area contributed by atoms with Crippen LogP contribution in [0.25, 0.3) is 0 Å². The number of allylic oxidation sites excluding steroid dienone is 3. The molecule has 0 amide bonds. The molecule has 0 spiro atoms. The highest BCUT2D eigenvalue weighted by atomic mass is 32.2. The van der Waals surface area contributed by atoms with Crippen LogP contribution in [0, 0.1) is 11.3 Å². The van der Waals surface area contributed by atoms with Gasteiger partial charge in [0.05, 0.1) is 10.3 Å². The minimum atomic E-state index is -3.85. The highest BCUT2D eigenvalue weighted by molar-refractivity contribution is 7.98. The number of aromatic nitrogens is 1. The lowest BCUT2D eigenvalue weighted by Crippen LogP contribution is -2.35. The van der Waals surface area contributed by atoms with Gasteiger partial charge in [0.2, 0.25) is 0 Å². The van der Waals surface area contributed by atoms with Crippen LogP contribution in [0.1, 0.15) is 30.6 Å². The molecule has 0 bridgehead atoms. The van der Waals surface area contributed by atoms with Crippen molar-refractivity contribution in [3.05, 3.63) is 64.7 Å². The summed E-state index contributed by atoms with van der Waals surface area (Å²) in [7, 11) is -3.85. The Morgan fingerprint density at radius 1 is 1.28 bits per heavy atom. The Morgan fingerprint density at radius 3 is 2.40 bits per heavy atom. The number of nitrogens with zero attached hydrogens (tertiary/aromatic N) is 1. The van der Waals surface area contributed by atoms with E-state index in [0.29, 0.717) is 17.0 Å². The van der Waals surface area contributed by atoms with Gasteiger partial charge in [0, 0.05) is 29.4 Å². The van der Waals surface area contributed by atoms with Crippen molar-refractivity contribution in [2.45, 2.75) is 20.3 Å². The second-order valence-electron chi connectivity index (χ2n) is 6.09. The Hall–Kier alpha value is -2.54. The van der Waals surface area contributed by atoms with E-state index in [0.717, 1.165) is 0 Å². The molecule has 1 aliphatic rings. The van der Waals surface area contributed by atoms with Crippen LogP contribution >= 0.6 is 0 Å². The topological polar surface area (TPSA) is 101 Å². The van der Waals surface area contributed by atoms with E-state index in [2.05, 4.69) is 4.98 Å². The Kier molecular flexibility index (Phi) is 5.37. The van der Waals surface area contributed by atoms with Crippen LogP contribution in [0.5, 0.6) is 0 Å². The molecule has 0 saturated heterocycles. The number of carbonyl (C=O) groups excluding carboxylic acids is 1. The zero-order valence-electron chi connectivity index (χ0n) is 13.9. The van der Waals surface area contributed by atoms with Gasteiger partial charge in [-0.15, -0.1) is 0 Å².